The van der Waals surface area contributed by atoms with E-state index in [2.05, 4.69) is 90.0 Å². The lowest BCUT2D eigenvalue weighted by Crippen LogP contribution is -2.19. The zero-order chi connectivity index (χ0) is 83.6. The van der Waals surface area contributed by atoms with E-state index >= 15 is 0 Å². The summed E-state index contributed by atoms with van der Waals surface area (Å²) in [7, 11) is 0. The maximum absolute atomic E-state index is 12.1. The summed E-state index contributed by atoms with van der Waals surface area (Å²) < 4.78 is 272. The van der Waals surface area contributed by atoms with Gasteiger partial charge in [-0.2, -0.15) is 52.7 Å². The van der Waals surface area contributed by atoms with E-state index in [-0.39, 0.29) is 50.9 Å². The van der Waals surface area contributed by atoms with Crippen molar-refractivity contribution in [2.24, 2.45) is 65.1 Å². The lowest BCUT2D eigenvalue weighted by Gasteiger charge is -2.13. The molecule has 0 radical (unpaired) electrons. The van der Waals surface area contributed by atoms with Gasteiger partial charge in [-0.15, -0.1) is 0 Å². The summed E-state index contributed by atoms with van der Waals surface area (Å²) >= 11 is 0. The second-order valence-corrected chi connectivity index (χ2v) is 26.4. The molecule has 0 rings (SSSR count). The molecule has 0 saturated heterocycles. The number of rotatable bonds is 23. The highest BCUT2D eigenvalue weighted by Crippen LogP contribution is 2.31. The topological polar surface area (TPSA) is 0 Å². The van der Waals surface area contributed by atoms with Gasteiger partial charge in [0.2, 0.25) is 18.3 Å². The number of hydrogen-bond acceptors (Lipinski definition) is 0. The van der Waals surface area contributed by atoms with Gasteiger partial charge in [0.05, 0.1) is 37.0 Å². The second kappa shape index (κ2) is 79.8. The molecule has 0 aliphatic rings. The fourth-order valence-corrected chi connectivity index (χ4v) is 3.73. The average molecular weight is 1450 g/mol. The van der Waals surface area contributed by atoms with Crippen molar-refractivity contribution in [3.05, 3.63) is 0 Å². The second-order valence-electron chi connectivity index (χ2n) is 26.4. The minimum Gasteiger partial charge on any atom is -0.251 e. The van der Waals surface area contributed by atoms with Crippen LogP contribution in [0.15, 0.2) is 0 Å². The molecule has 0 nitrogen and oxygen atoms in total. The molecular weight excluding hydrogens is 1290 g/mol. The molecule has 598 valence electrons. The van der Waals surface area contributed by atoms with Gasteiger partial charge in [-0.05, 0) is 108 Å². The molecular formula is C74H155F21. The Labute approximate surface area is 580 Å². The van der Waals surface area contributed by atoms with Crippen molar-refractivity contribution < 1.29 is 97.7 Å². The molecule has 0 fully saturated rings. The van der Waals surface area contributed by atoms with Crippen molar-refractivity contribution in [3.8, 4) is 0 Å². The Bertz CT molecular complexity index is 1440. The SMILES string of the molecule is CCC(C)(C)F.CCC(C)C.CCC(C)C.CCC(C)C.CCC(C)C(F)(F)F.CCC(C)C(F)F.CCC(C)CF.CCCC(C)(F)F.CCCC(C)(F)F.CCCC(C)C.CCCC(C)C(F)(F)F.CCCC(C)CF.[2H]C([2H])(C)C(C)C(F)(F)F.[2H]C([2H])(C)CC(C)C(F)(F)F. The van der Waals surface area contributed by atoms with Crippen LogP contribution in [0.1, 0.15) is 362 Å². The fraction of sp³-hybridized carbons (Fsp3) is 1.00. The van der Waals surface area contributed by atoms with Crippen LogP contribution >= 0.6 is 0 Å². The lowest BCUT2D eigenvalue weighted by molar-refractivity contribution is -0.171. The van der Waals surface area contributed by atoms with E-state index in [1.807, 2.05) is 27.7 Å². The van der Waals surface area contributed by atoms with E-state index in [0.29, 0.717) is 32.1 Å². The van der Waals surface area contributed by atoms with Crippen molar-refractivity contribution in [2.45, 2.75) is 405 Å². The van der Waals surface area contributed by atoms with Crippen LogP contribution in [0.2, 0.25) is 0 Å². The van der Waals surface area contributed by atoms with Crippen molar-refractivity contribution in [2.75, 3.05) is 13.3 Å². The monoisotopic (exact) mass is 1450 g/mol. The Hall–Kier alpha value is -1.47. The molecule has 0 amide bonds. The van der Waals surface area contributed by atoms with Crippen LogP contribution < -0.4 is 0 Å². The first-order valence-electron chi connectivity index (χ1n) is 36.9. The summed E-state index contributed by atoms with van der Waals surface area (Å²) in [6.07, 6.45) is -10.2. The molecule has 0 aromatic heterocycles. The minimum atomic E-state index is -4.43. The molecule has 0 aliphatic heterocycles. The van der Waals surface area contributed by atoms with Crippen LogP contribution in [0.4, 0.5) is 92.2 Å². The summed E-state index contributed by atoms with van der Waals surface area (Å²) in [5.41, 5.74) is -0.958. The molecule has 0 aromatic carbocycles. The van der Waals surface area contributed by atoms with Gasteiger partial charge in [0.25, 0.3) is 0 Å². The summed E-state index contributed by atoms with van der Waals surface area (Å²) in [5.74, 6) is -6.98. The quantitative estimate of drug-likeness (QED) is 0.0895. The van der Waals surface area contributed by atoms with Gasteiger partial charge in [-0.25, -0.2) is 30.7 Å². The highest BCUT2D eigenvalue weighted by Gasteiger charge is 2.36. The van der Waals surface area contributed by atoms with Gasteiger partial charge in [0.15, 0.2) is 0 Å². The largest absolute Gasteiger partial charge is 0.391 e. The standard InChI is InChI=1S/2C6H11F3.C6H13F.C6H14.2C5H9F3.3C5H10F2.2C5H11F.3C5H12/c2*1-3-4-5(2)6(7,8)9;1-3-4-6(2)5-7;1-4-5-6(2)3;2*1-3-4(2)5(6,7)8;2*1-3-4-5(2,6)7;1-3-4(2)5(6)7;1-4-5(2,3)6;1-3-5(2)4-6;3*1-4-5(2)3/h2*5H,3-4H2,1-2H3;6H,3-5H2,1-2H3;6H,4-5H2,1-3H3;2*4H,3H2,1-2H3;2*3-4H2,1-2H3;4-5H,3H2,1-2H3;4H2,1-3H3;5H,3-4H2,1-2H3;3*5H,4H2,1-3H3/i3D2;;;;3D2;;;;;;;;;. The first kappa shape index (κ1) is 115. The first-order chi connectivity index (χ1) is 43.8. The van der Waals surface area contributed by atoms with Crippen LogP contribution in [0.25, 0.3) is 0 Å². The third-order valence-corrected chi connectivity index (χ3v) is 13.1. The van der Waals surface area contributed by atoms with E-state index in [1.54, 1.807) is 48.5 Å². The van der Waals surface area contributed by atoms with E-state index in [0.717, 1.165) is 84.5 Å². The highest BCUT2D eigenvalue weighted by atomic mass is 19.4. The fourth-order valence-electron chi connectivity index (χ4n) is 3.73. The summed E-state index contributed by atoms with van der Waals surface area (Å²) in [4.78, 5) is 0. The molecule has 7 unspecified atom stereocenters. The van der Waals surface area contributed by atoms with Crippen LogP contribution in [-0.2, 0) is 0 Å². The van der Waals surface area contributed by atoms with Gasteiger partial charge in [-0.3, -0.25) is 8.78 Å². The van der Waals surface area contributed by atoms with E-state index < -0.39 is 97.4 Å². The van der Waals surface area contributed by atoms with E-state index in [9.17, 15) is 92.2 Å². The molecule has 0 aromatic rings. The van der Waals surface area contributed by atoms with Crippen molar-refractivity contribution >= 4 is 0 Å². The molecule has 7 atom stereocenters. The molecule has 0 aliphatic carbocycles. The average Bonchev–Trinajstić information content (AvgIpc) is 0.862. The lowest BCUT2D eigenvalue weighted by atomic mass is 10.1. The van der Waals surface area contributed by atoms with Gasteiger partial charge >= 0.3 is 24.7 Å². The van der Waals surface area contributed by atoms with Gasteiger partial charge in [0.1, 0.15) is 5.67 Å². The molecule has 0 bridgehead atoms. The number of hydrogen-bond donors (Lipinski definition) is 0. The van der Waals surface area contributed by atoms with Gasteiger partial charge in [0, 0.05) is 24.2 Å². The zero-order valence-corrected chi connectivity index (χ0v) is 66.5. The Morgan fingerprint density at radius 3 is 0.600 bits per heavy atom. The summed E-state index contributed by atoms with van der Waals surface area (Å²) in [6, 6.07) is 0. The zero-order valence-electron chi connectivity index (χ0n) is 70.5. The van der Waals surface area contributed by atoms with Crippen LogP contribution in [0.3, 0.4) is 0 Å². The predicted molar refractivity (Wildman–Crippen MR) is 374 cm³/mol. The van der Waals surface area contributed by atoms with E-state index in [4.69, 9.17) is 5.48 Å². The van der Waals surface area contributed by atoms with Crippen LogP contribution in [-0.4, -0.2) is 62.0 Å². The van der Waals surface area contributed by atoms with Crippen LogP contribution in [0.5, 0.6) is 0 Å². The predicted octanol–water partition coefficient (Wildman–Crippen LogP) is 33.5. The Morgan fingerprint density at radius 2 is 0.568 bits per heavy atom. The maximum atomic E-state index is 12.1. The number of alkyl halides is 21. The van der Waals surface area contributed by atoms with Gasteiger partial charge < -0.3 is 0 Å². The Kier molecular flexibility index (Phi) is 96.5. The van der Waals surface area contributed by atoms with Crippen molar-refractivity contribution in [1.82, 2.24) is 0 Å². The third kappa shape index (κ3) is 166. The smallest absolute Gasteiger partial charge is 0.251 e. The van der Waals surface area contributed by atoms with E-state index in [1.165, 1.54) is 52.9 Å². The first-order valence-corrected chi connectivity index (χ1v) is 34.9. The maximum Gasteiger partial charge on any atom is 0.391 e. The molecule has 0 heterocycles. The minimum absolute atomic E-state index is 0.00694. The molecule has 0 saturated carbocycles. The molecule has 0 N–H and O–H groups in total. The molecule has 95 heavy (non-hydrogen) atoms. The summed E-state index contributed by atoms with van der Waals surface area (Å²) in [6.45, 7) is 57.5. The van der Waals surface area contributed by atoms with Crippen molar-refractivity contribution in [3.63, 3.8) is 0 Å². The highest BCUT2D eigenvalue weighted by molar-refractivity contribution is 4.63. The Balaban J connectivity index is -0.0000000659. The number of halogens is 21. The van der Waals surface area contributed by atoms with Crippen LogP contribution in [0, 0.1) is 65.1 Å². The normalized spacial score (nSPS) is 14.3. The molecule has 0 spiro atoms. The Morgan fingerprint density at radius 1 is 0.305 bits per heavy atom. The van der Waals surface area contributed by atoms with Crippen molar-refractivity contribution in [1.29, 1.82) is 0 Å². The molecule has 21 heteroatoms. The summed E-state index contributed by atoms with van der Waals surface area (Å²) in [5, 5.41) is 0. The third-order valence-electron chi connectivity index (χ3n) is 13.1. The van der Waals surface area contributed by atoms with Gasteiger partial charge in [-0.1, -0.05) is 271 Å².